The molecular formula is C47H44Cl2Hf-2. The number of allylic oxidation sites excluding steroid dienone is 4. The fraction of sp³-hybridized carbons (Fsp3) is 0.191. The number of fused-ring (bicyclic) bond motifs is 5. The van der Waals surface area contributed by atoms with Crippen LogP contribution in [-0.2, 0) is 34.7 Å². The molecule has 0 N–H and O–H groups in total. The fourth-order valence-electron chi connectivity index (χ4n) is 6.33. The average molecular weight is 858 g/mol. The topological polar surface area (TPSA) is 0 Å². The van der Waals surface area contributed by atoms with E-state index in [9.17, 15) is 0 Å². The molecular weight excluding hydrogens is 814 g/mol. The van der Waals surface area contributed by atoms with Crippen LogP contribution in [0.4, 0.5) is 0 Å². The van der Waals surface area contributed by atoms with E-state index in [-0.39, 0.29) is 35.6 Å². The van der Waals surface area contributed by atoms with Gasteiger partial charge < -0.3 is 24.8 Å². The summed E-state index contributed by atoms with van der Waals surface area (Å²) in [6.07, 6.45) is 10.0. The third kappa shape index (κ3) is 8.86. The van der Waals surface area contributed by atoms with E-state index >= 15 is 0 Å². The Morgan fingerprint density at radius 2 is 1.00 bits per heavy atom. The van der Waals surface area contributed by atoms with Crippen molar-refractivity contribution < 1.29 is 48.7 Å². The van der Waals surface area contributed by atoms with Crippen LogP contribution in [0.2, 0.25) is 0 Å². The molecule has 0 atom stereocenters. The predicted octanol–water partition coefficient (Wildman–Crippen LogP) is 6.73. The van der Waals surface area contributed by atoms with Gasteiger partial charge in [-0.3, -0.25) is 6.08 Å². The first kappa shape index (κ1) is 39.3. The summed E-state index contributed by atoms with van der Waals surface area (Å²) in [7, 11) is 0. The van der Waals surface area contributed by atoms with E-state index in [1.54, 1.807) is 0 Å². The second kappa shape index (κ2) is 16.7. The summed E-state index contributed by atoms with van der Waals surface area (Å²) in [6, 6.07) is 46.7. The molecule has 0 heterocycles. The van der Waals surface area contributed by atoms with Crippen molar-refractivity contribution >= 4 is 46.3 Å². The average Bonchev–Trinajstić information content (AvgIpc) is 3.79. The predicted molar refractivity (Wildman–Crippen MR) is 207 cm³/mol. The van der Waals surface area contributed by atoms with Gasteiger partial charge in [0.25, 0.3) is 0 Å². The molecule has 0 amide bonds. The summed E-state index contributed by atoms with van der Waals surface area (Å²) in [5, 5.41) is 10.8. The second-order valence-corrected chi connectivity index (χ2v) is 16.5. The van der Waals surface area contributed by atoms with Gasteiger partial charge in [-0.05, 0) is 10.8 Å². The second-order valence-electron chi connectivity index (χ2n) is 14.7. The molecule has 0 saturated carbocycles. The molecule has 0 saturated heterocycles. The van der Waals surface area contributed by atoms with Gasteiger partial charge in [0.05, 0.1) is 0 Å². The van der Waals surface area contributed by atoms with Crippen LogP contribution in [0.1, 0.15) is 70.2 Å². The Kier molecular flexibility index (Phi) is 13.1. The van der Waals surface area contributed by atoms with Crippen LogP contribution in [0.3, 0.4) is 0 Å². The van der Waals surface area contributed by atoms with Gasteiger partial charge in [-0.25, -0.2) is 12.2 Å². The van der Waals surface area contributed by atoms with Crippen LogP contribution < -0.4 is 24.8 Å². The van der Waals surface area contributed by atoms with E-state index in [0.29, 0.717) is 0 Å². The Balaban J connectivity index is 0.000000190. The first-order valence-corrected chi connectivity index (χ1v) is 18.7. The van der Waals surface area contributed by atoms with Crippen molar-refractivity contribution in [3.05, 3.63) is 174 Å². The molecule has 0 spiro atoms. The van der Waals surface area contributed by atoms with E-state index in [0.717, 1.165) is 30.3 Å². The zero-order chi connectivity index (χ0) is 33.9. The molecule has 0 unspecified atom stereocenters. The van der Waals surface area contributed by atoms with Gasteiger partial charge >= 0.3 is 145 Å². The molecule has 0 fully saturated rings. The van der Waals surface area contributed by atoms with E-state index in [2.05, 4.69) is 181 Å². The molecule has 252 valence electrons. The SMILES string of the molecule is CC(C)(C)c1ccc2c(c1)[cH-]c1cc(C(C)(C)C)ccc12.[C-]1=CC=CC1.[Cl-].[Cl-].[Hf+2]=[C](c1cccc2ccccc12)c1cccc2ccccc12. The van der Waals surface area contributed by atoms with Crippen LogP contribution in [0.5, 0.6) is 0 Å². The van der Waals surface area contributed by atoms with Crippen LogP contribution in [0, 0.1) is 6.08 Å². The summed E-state index contributed by atoms with van der Waals surface area (Å²) >= 11 is 1.02. The Labute approximate surface area is 325 Å². The van der Waals surface area contributed by atoms with Gasteiger partial charge in [-0.1, -0.05) is 76.9 Å². The minimum absolute atomic E-state index is 0. The Morgan fingerprint density at radius 3 is 1.38 bits per heavy atom. The summed E-state index contributed by atoms with van der Waals surface area (Å²) in [5.74, 6) is 0. The maximum atomic E-state index is 2.99. The molecule has 50 heavy (non-hydrogen) atoms. The van der Waals surface area contributed by atoms with Crippen molar-refractivity contribution in [3.63, 3.8) is 0 Å². The number of rotatable bonds is 2. The Morgan fingerprint density at radius 1 is 0.560 bits per heavy atom. The molecule has 0 radical (unpaired) electrons. The molecule has 7 aromatic rings. The quantitative estimate of drug-likeness (QED) is 0.134. The van der Waals surface area contributed by atoms with E-state index in [4.69, 9.17) is 0 Å². The van der Waals surface area contributed by atoms with Crippen LogP contribution in [0.15, 0.2) is 146 Å². The summed E-state index contributed by atoms with van der Waals surface area (Å²) in [4.78, 5) is 0. The molecule has 0 bridgehead atoms. The van der Waals surface area contributed by atoms with Crippen molar-refractivity contribution in [3.8, 4) is 0 Å². The Bertz CT molecular complexity index is 2130. The summed E-state index contributed by atoms with van der Waals surface area (Å²) in [6.45, 7) is 13.6. The third-order valence-corrected chi connectivity index (χ3v) is 11.1. The number of hydrogen-bond donors (Lipinski definition) is 0. The van der Waals surface area contributed by atoms with Gasteiger partial charge in [0.15, 0.2) is 0 Å². The van der Waals surface area contributed by atoms with Gasteiger partial charge in [-0.15, -0.1) is 46.2 Å². The van der Waals surface area contributed by atoms with E-state index < -0.39 is 0 Å². The van der Waals surface area contributed by atoms with Crippen molar-refractivity contribution in [2.45, 2.75) is 58.8 Å². The maximum absolute atomic E-state index is 2.99. The molecule has 8 rings (SSSR count). The molecule has 7 aromatic carbocycles. The first-order valence-electron chi connectivity index (χ1n) is 16.9. The van der Waals surface area contributed by atoms with Crippen molar-refractivity contribution in [1.29, 1.82) is 0 Å². The van der Waals surface area contributed by atoms with Gasteiger partial charge in [0.1, 0.15) is 0 Å². The summed E-state index contributed by atoms with van der Waals surface area (Å²) in [5.41, 5.74) is 5.97. The zero-order valence-electron chi connectivity index (χ0n) is 29.8. The molecule has 0 aromatic heterocycles. The molecule has 1 aliphatic carbocycles. The van der Waals surface area contributed by atoms with Gasteiger partial charge in [0, 0.05) is 0 Å². The summed E-state index contributed by atoms with van der Waals surface area (Å²) < 4.78 is 1.47. The fourth-order valence-corrected chi connectivity index (χ4v) is 7.89. The number of benzene rings is 6. The first-order chi connectivity index (χ1) is 23.0. The molecule has 3 heteroatoms. The van der Waals surface area contributed by atoms with Crippen molar-refractivity contribution in [2.75, 3.05) is 0 Å². The van der Waals surface area contributed by atoms with Crippen LogP contribution in [-0.4, -0.2) is 3.26 Å². The molecule has 0 nitrogen and oxygen atoms in total. The van der Waals surface area contributed by atoms with Crippen LogP contribution >= 0.6 is 0 Å². The standard InChI is InChI=1S/C21H14.C21H25.C5H5.2ClH.Hf/c1-3-13-20-16(7-1)9-5-11-18(20)15-19-12-6-10-17-8-2-4-14-21(17)19;1-20(2,3)16-7-9-18-14(12-16)11-15-13-17(21(4,5)6)8-10-19(15)18;1-2-4-5-3-1;;;/h1-14H;7-13H,1-6H3;1-3H,4H2;2*1H;/q;2*-1;;;+2/p-2. The number of hydrogen-bond acceptors (Lipinski definition) is 0. The van der Waals surface area contributed by atoms with Crippen molar-refractivity contribution in [1.82, 2.24) is 0 Å². The third-order valence-electron chi connectivity index (χ3n) is 9.14. The molecule has 0 aliphatic heterocycles. The Hall–Kier alpha value is -3.49. The normalized spacial score (nSPS) is 12.2. The van der Waals surface area contributed by atoms with Gasteiger partial charge in [-0.2, -0.15) is 6.08 Å². The zero-order valence-corrected chi connectivity index (χ0v) is 34.9. The minimum atomic E-state index is 0. The van der Waals surface area contributed by atoms with E-state index in [1.165, 1.54) is 68.6 Å². The van der Waals surface area contributed by atoms with E-state index in [1.807, 2.05) is 12.2 Å². The van der Waals surface area contributed by atoms with Crippen LogP contribution in [0.25, 0.3) is 43.1 Å². The number of halogens is 2. The molecule has 1 aliphatic rings. The van der Waals surface area contributed by atoms with Gasteiger partial charge in [0.2, 0.25) is 0 Å². The monoisotopic (exact) mass is 858 g/mol. The van der Waals surface area contributed by atoms with Crippen molar-refractivity contribution in [2.24, 2.45) is 0 Å².